The van der Waals surface area contributed by atoms with Crippen LogP contribution in [0.4, 0.5) is 0 Å². The summed E-state index contributed by atoms with van der Waals surface area (Å²) in [5, 5.41) is 8.97. The number of aliphatic carboxylic acids is 1. The minimum Gasteiger partial charge on any atom is -0.478 e. The summed E-state index contributed by atoms with van der Waals surface area (Å²) < 4.78 is 0. The van der Waals surface area contributed by atoms with Gasteiger partial charge in [0, 0.05) is 13.2 Å². The van der Waals surface area contributed by atoms with Gasteiger partial charge in [-0.15, -0.1) is 0 Å². The average Bonchev–Trinajstić information content (AvgIpc) is 2.35. The maximum absolute atomic E-state index is 12.2. The molecule has 0 aliphatic carbocycles. The lowest BCUT2D eigenvalue weighted by molar-refractivity contribution is -0.132. The van der Waals surface area contributed by atoms with Gasteiger partial charge in [0.2, 0.25) is 5.78 Å². The third-order valence-electron chi connectivity index (χ3n) is 2.80. The topological polar surface area (TPSA) is 57.6 Å². The summed E-state index contributed by atoms with van der Waals surface area (Å²) >= 11 is 4.93. The molecule has 92 valence electrons. The maximum Gasteiger partial charge on any atom is 0.338 e. The molecular weight excluding hydrogens is 250 g/mol. The molecule has 0 radical (unpaired) electrons. The zero-order valence-electron chi connectivity index (χ0n) is 9.66. The van der Waals surface area contributed by atoms with E-state index in [9.17, 15) is 9.59 Å². The van der Waals surface area contributed by atoms with Gasteiger partial charge in [-0.25, -0.2) is 4.79 Å². The van der Waals surface area contributed by atoms with Gasteiger partial charge in [0.25, 0.3) is 0 Å². The number of hydrogen-bond acceptors (Lipinski definition) is 4. The van der Waals surface area contributed by atoms with Crippen molar-refractivity contribution in [1.82, 2.24) is 4.90 Å². The van der Waals surface area contributed by atoms with Crippen molar-refractivity contribution in [3.8, 4) is 0 Å². The molecule has 1 aliphatic rings. The number of rotatable bonds is 2. The van der Waals surface area contributed by atoms with E-state index in [1.54, 1.807) is 11.9 Å². The number of carbonyl (C=O) groups excluding carboxylic acids is 1. The van der Waals surface area contributed by atoms with Crippen molar-refractivity contribution in [3.63, 3.8) is 0 Å². The number of likely N-dealkylation sites (N-methyl/N-ethyl adjacent to an activating group) is 1. The second-order valence-electron chi connectivity index (χ2n) is 4.02. The summed E-state index contributed by atoms with van der Waals surface area (Å²) in [6.07, 6.45) is 1.41. The van der Waals surface area contributed by atoms with Crippen LogP contribution in [0.5, 0.6) is 0 Å². The van der Waals surface area contributed by atoms with E-state index >= 15 is 0 Å². The minimum atomic E-state index is -1.17. The fraction of sp³-hybridized carbons (Fsp3) is 0.154. The Morgan fingerprint density at radius 1 is 1.33 bits per heavy atom. The Hall–Kier alpha value is -2.01. The largest absolute Gasteiger partial charge is 0.478 e. The van der Waals surface area contributed by atoms with E-state index in [0.717, 1.165) is 5.56 Å². The van der Waals surface area contributed by atoms with Gasteiger partial charge < -0.3 is 10.0 Å². The highest BCUT2D eigenvalue weighted by Crippen LogP contribution is 2.27. The molecule has 1 aromatic rings. The third kappa shape index (κ3) is 2.04. The van der Waals surface area contributed by atoms with Gasteiger partial charge in [-0.2, -0.15) is 0 Å². The van der Waals surface area contributed by atoms with E-state index < -0.39 is 12.0 Å². The first-order valence-electron chi connectivity index (χ1n) is 5.33. The first-order valence-corrected chi connectivity index (χ1v) is 5.73. The molecule has 18 heavy (non-hydrogen) atoms. The van der Waals surface area contributed by atoms with E-state index in [1.165, 1.54) is 6.20 Å². The molecule has 1 N–H and O–H groups in total. The van der Waals surface area contributed by atoms with Crippen molar-refractivity contribution in [2.24, 2.45) is 0 Å². The van der Waals surface area contributed by atoms with Gasteiger partial charge in [0.05, 0.1) is 10.4 Å². The molecule has 1 aliphatic heterocycles. The Labute approximate surface area is 110 Å². The molecular formula is C13H11NO3S. The Morgan fingerprint density at radius 2 is 1.94 bits per heavy atom. The molecule has 0 saturated heterocycles. The lowest BCUT2D eigenvalue weighted by Gasteiger charge is -2.30. The lowest BCUT2D eigenvalue weighted by atomic mass is 9.93. The van der Waals surface area contributed by atoms with Gasteiger partial charge in [-0.1, -0.05) is 42.5 Å². The number of carboxylic acids is 1. The summed E-state index contributed by atoms with van der Waals surface area (Å²) in [7, 11) is 1.67. The highest BCUT2D eigenvalue weighted by atomic mass is 32.1. The molecule has 1 unspecified atom stereocenters. The number of thiocarbonyl (C=S) groups is 1. The molecule has 0 spiro atoms. The Balaban J connectivity index is 2.45. The van der Waals surface area contributed by atoms with Crippen LogP contribution in [0.3, 0.4) is 0 Å². The molecule has 1 aromatic carbocycles. The molecule has 0 saturated carbocycles. The van der Waals surface area contributed by atoms with Crippen molar-refractivity contribution in [2.45, 2.75) is 6.04 Å². The van der Waals surface area contributed by atoms with E-state index in [0.29, 0.717) is 0 Å². The smallest absolute Gasteiger partial charge is 0.338 e. The number of benzene rings is 1. The van der Waals surface area contributed by atoms with Gasteiger partial charge in [-0.05, 0) is 5.56 Å². The standard InChI is InChI=1S/C13H11NO3S/c1-14-7-9(13(16)17)12(18)11(15)10(14)8-5-3-2-4-6-8/h2-7,10H,1H3,(H,16,17). The summed E-state index contributed by atoms with van der Waals surface area (Å²) in [4.78, 5) is 24.6. The van der Waals surface area contributed by atoms with E-state index in [-0.39, 0.29) is 16.2 Å². The zero-order chi connectivity index (χ0) is 13.3. The number of carboxylic acid groups (broad SMARTS) is 1. The number of nitrogens with zero attached hydrogens (tertiary/aromatic N) is 1. The normalized spacial score (nSPS) is 19.7. The summed E-state index contributed by atoms with van der Waals surface area (Å²) in [6, 6.07) is 8.61. The molecule has 1 heterocycles. The van der Waals surface area contributed by atoms with Gasteiger partial charge >= 0.3 is 5.97 Å². The quantitative estimate of drug-likeness (QED) is 0.819. The number of Topliss-reactive ketones (excluding diaryl/α,β-unsaturated/α-hetero) is 1. The average molecular weight is 261 g/mol. The van der Waals surface area contributed by atoms with Crippen LogP contribution in [0, 0.1) is 0 Å². The van der Waals surface area contributed by atoms with Crippen molar-refractivity contribution >= 4 is 28.8 Å². The summed E-state index contributed by atoms with van der Waals surface area (Å²) in [6.45, 7) is 0. The molecule has 0 amide bonds. The van der Waals surface area contributed by atoms with Crippen LogP contribution >= 0.6 is 12.2 Å². The van der Waals surface area contributed by atoms with Crippen LogP contribution in [-0.2, 0) is 9.59 Å². The first kappa shape index (κ1) is 12.4. The third-order valence-corrected chi connectivity index (χ3v) is 3.22. The van der Waals surface area contributed by atoms with Gasteiger partial charge in [0.15, 0.2) is 0 Å². The monoisotopic (exact) mass is 261 g/mol. The van der Waals surface area contributed by atoms with Crippen LogP contribution in [0.15, 0.2) is 42.1 Å². The number of hydrogen-bond donors (Lipinski definition) is 1. The van der Waals surface area contributed by atoms with E-state index in [4.69, 9.17) is 17.3 Å². The Kier molecular flexibility index (Phi) is 3.25. The minimum absolute atomic E-state index is 0.116. The number of ketones is 1. The Morgan fingerprint density at radius 3 is 2.50 bits per heavy atom. The number of carbonyl (C=O) groups is 2. The molecule has 4 nitrogen and oxygen atoms in total. The fourth-order valence-electron chi connectivity index (χ4n) is 1.95. The fourth-order valence-corrected chi connectivity index (χ4v) is 2.20. The molecule has 1 atom stereocenters. The molecule has 0 bridgehead atoms. The van der Waals surface area contributed by atoms with Crippen LogP contribution in [0.1, 0.15) is 11.6 Å². The zero-order valence-corrected chi connectivity index (χ0v) is 10.5. The van der Waals surface area contributed by atoms with Crippen LogP contribution in [0.2, 0.25) is 0 Å². The predicted molar refractivity (Wildman–Crippen MR) is 70.3 cm³/mol. The highest BCUT2D eigenvalue weighted by Gasteiger charge is 2.35. The molecule has 0 aromatic heterocycles. The second kappa shape index (κ2) is 4.70. The van der Waals surface area contributed by atoms with Crippen LogP contribution in [0.25, 0.3) is 0 Å². The molecule has 0 fully saturated rings. The molecule has 5 heteroatoms. The van der Waals surface area contributed by atoms with Crippen molar-refractivity contribution in [1.29, 1.82) is 0 Å². The predicted octanol–water partition coefficient (Wildman–Crippen LogP) is 1.58. The lowest BCUT2D eigenvalue weighted by Crippen LogP contribution is -2.38. The first-order chi connectivity index (χ1) is 8.52. The second-order valence-corrected chi connectivity index (χ2v) is 4.43. The van der Waals surface area contributed by atoms with Crippen molar-refractivity contribution in [2.75, 3.05) is 7.05 Å². The SMILES string of the molecule is CN1C=C(C(=O)O)C(=S)C(=O)C1c1ccccc1. The van der Waals surface area contributed by atoms with Crippen molar-refractivity contribution in [3.05, 3.63) is 47.7 Å². The van der Waals surface area contributed by atoms with E-state index in [1.807, 2.05) is 30.3 Å². The maximum atomic E-state index is 12.2. The Bertz CT molecular complexity index is 551. The molecule has 2 rings (SSSR count). The summed E-state index contributed by atoms with van der Waals surface area (Å²) in [5.41, 5.74) is 0.678. The summed E-state index contributed by atoms with van der Waals surface area (Å²) in [5.74, 6) is -1.52. The van der Waals surface area contributed by atoms with Crippen molar-refractivity contribution < 1.29 is 14.7 Å². The van der Waals surface area contributed by atoms with Crippen LogP contribution in [-0.4, -0.2) is 33.7 Å². The van der Waals surface area contributed by atoms with Gasteiger partial charge in [-0.3, -0.25) is 4.79 Å². The van der Waals surface area contributed by atoms with Crippen LogP contribution < -0.4 is 0 Å². The van der Waals surface area contributed by atoms with E-state index in [2.05, 4.69) is 0 Å². The highest BCUT2D eigenvalue weighted by molar-refractivity contribution is 7.82. The van der Waals surface area contributed by atoms with Gasteiger partial charge in [0.1, 0.15) is 6.04 Å².